The van der Waals surface area contributed by atoms with Gasteiger partial charge in [-0.05, 0) is 35.7 Å². The van der Waals surface area contributed by atoms with E-state index < -0.39 is 0 Å². The molecule has 1 heterocycles. The number of rotatable bonds is 4. The number of halogens is 1. The Morgan fingerprint density at radius 1 is 1.16 bits per heavy atom. The average Bonchev–Trinajstić information content (AvgIpc) is 2.61. The molecule has 2 unspecified atom stereocenters. The van der Waals surface area contributed by atoms with Crippen LogP contribution in [0.4, 0.5) is 11.4 Å². The molecule has 1 aliphatic rings. The molecule has 0 saturated heterocycles. The molecule has 2 amide bonds. The summed E-state index contributed by atoms with van der Waals surface area (Å²) in [6.45, 7) is 1.83. The zero-order valence-corrected chi connectivity index (χ0v) is 14.8. The maximum Gasteiger partial charge on any atom is 0.229 e. The monoisotopic (exact) mass is 359 g/mol. The SMILES string of the molecule is CC(C(=O)Nc1ccc2c(c1)CCC(=O)N2)C(N)c1ccccc1.Cl. The Balaban J connectivity index is 0.00000225. The molecule has 6 heteroatoms. The molecule has 2 aromatic carbocycles. The van der Waals surface area contributed by atoms with Crippen molar-refractivity contribution in [1.29, 1.82) is 0 Å². The molecule has 2 aromatic rings. The van der Waals surface area contributed by atoms with Crippen LogP contribution < -0.4 is 16.4 Å². The topological polar surface area (TPSA) is 84.2 Å². The van der Waals surface area contributed by atoms with Crippen molar-refractivity contribution in [2.75, 3.05) is 10.6 Å². The molecule has 3 rings (SSSR count). The van der Waals surface area contributed by atoms with Gasteiger partial charge in [-0.25, -0.2) is 0 Å². The normalized spacial score (nSPS) is 15.2. The van der Waals surface area contributed by atoms with E-state index in [1.807, 2.05) is 49.4 Å². The Labute approximate surface area is 153 Å². The molecule has 2 atom stereocenters. The summed E-state index contributed by atoms with van der Waals surface area (Å²) in [5, 5.41) is 5.75. The van der Waals surface area contributed by atoms with Crippen molar-refractivity contribution < 1.29 is 9.59 Å². The molecule has 0 fully saturated rings. The van der Waals surface area contributed by atoms with Gasteiger partial charge in [0.2, 0.25) is 11.8 Å². The lowest BCUT2D eigenvalue weighted by Crippen LogP contribution is -2.30. The Morgan fingerprint density at radius 3 is 2.60 bits per heavy atom. The highest BCUT2D eigenvalue weighted by Gasteiger charge is 2.23. The molecule has 25 heavy (non-hydrogen) atoms. The third kappa shape index (κ3) is 4.38. The van der Waals surface area contributed by atoms with E-state index in [9.17, 15) is 9.59 Å². The molecule has 132 valence electrons. The fourth-order valence-corrected chi connectivity index (χ4v) is 2.84. The molecule has 5 nitrogen and oxygen atoms in total. The predicted octanol–water partition coefficient (Wildman–Crippen LogP) is 3.27. The third-order valence-electron chi connectivity index (χ3n) is 4.40. The van der Waals surface area contributed by atoms with Crippen molar-refractivity contribution >= 4 is 35.6 Å². The number of carbonyl (C=O) groups is 2. The van der Waals surface area contributed by atoms with Crippen LogP contribution in [0.2, 0.25) is 0 Å². The van der Waals surface area contributed by atoms with Crippen LogP contribution >= 0.6 is 12.4 Å². The largest absolute Gasteiger partial charge is 0.326 e. The summed E-state index contributed by atoms with van der Waals surface area (Å²) in [6, 6.07) is 14.8. The number of carbonyl (C=O) groups excluding carboxylic acids is 2. The quantitative estimate of drug-likeness (QED) is 0.783. The zero-order chi connectivity index (χ0) is 17.1. The first-order valence-corrected chi connectivity index (χ1v) is 8.09. The molecule has 0 radical (unpaired) electrons. The van der Waals surface area contributed by atoms with Crippen LogP contribution in [-0.4, -0.2) is 11.8 Å². The van der Waals surface area contributed by atoms with Crippen molar-refractivity contribution in [2.45, 2.75) is 25.8 Å². The minimum absolute atomic E-state index is 0. The summed E-state index contributed by atoms with van der Waals surface area (Å²) < 4.78 is 0. The highest BCUT2D eigenvalue weighted by atomic mass is 35.5. The fourth-order valence-electron chi connectivity index (χ4n) is 2.84. The molecule has 4 N–H and O–H groups in total. The van der Waals surface area contributed by atoms with Gasteiger partial charge in [0.1, 0.15) is 0 Å². The van der Waals surface area contributed by atoms with Crippen molar-refractivity contribution in [1.82, 2.24) is 0 Å². The maximum absolute atomic E-state index is 12.5. The van der Waals surface area contributed by atoms with Gasteiger partial charge < -0.3 is 16.4 Å². The lowest BCUT2D eigenvalue weighted by molar-refractivity contribution is -0.120. The van der Waals surface area contributed by atoms with Crippen LogP contribution in [0.15, 0.2) is 48.5 Å². The molecule has 0 saturated carbocycles. The number of amides is 2. The number of fused-ring (bicyclic) bond motifs is 1. The van der Waals surface area contributed by atoms with E-state index in [2.05, 4.69) is 10.6 Å². The van der Waals surface area contributed by atoms with Crippen molar-refractivity contribution in [3.63, 3.8) is 0 Å². The highest BCUT2D eigenvalue weighted by Crippen LogP contribution is 2.27. The van der Waals surface area contributed by atoms with Crippen molar-refractivity contribution in [3.8, 4) is 0 Å². The average molecular weight is 360 g/mol. The van der Waals surface area contributed by atoms with Gasteiger partial charge in [0, 0.05) is 23.8 Å². The summed E-state index contributed by atoms with van der Waals surface area (Å²) in [5.41, 5.74) is 9.73. The van der Waals surface area contributed by atoms with E-state index in [4.69, 9.17) is 5.73 Å². The summed E-state index contributed by atoms with van der Waals surface area (Å²) in [6.07, 6.45) is 1.16. The molecular weight excluding hydrogens is 338 g/mol. The van der Waals surface area contributed by atoms with Crippen LogP contribution in [0.3, 0.4) is 0 Å². The summed E-state index contributed by atoms with van der Waals surface area (Å²) in [7, 11) is 0. The Hall–Kier alpha value is -2.37. The van der Waals surface area contributed by atoms with Gasteiger partial charge in [-0.1, -0.05) is 37.3 Å². The second-order valence-electron chi connectivity index (χ2n) is 6.13. The van der Waals surface area contributed by atoms with Crippen LogP contribution in [0, 0.1) is 5.92 Å². The highest BCUT2D eigenvalue weighted by molar-refractivity contribution is 5.96. The number of benzene rings is 2. The Morgan fingerprint density at radius 2 is 1.88 bits per heavy atom. The second kappa shape index (κ2) is 8.14. The number of hydrogen-bond acceptors (Lipinski definition) is 3. The number of hydrogen-bond donors (Lipinski definition) is 3. The van der Waals surface area contributed by atoms with E-state index in [-0.39, 0.29) is 36.2 Å². The number of nitrogens with one attached hydrogen (secondary N) is 2. The predicted molar refractivity (Wildman–Crippen MR) is 102 cm³/mol. The molecule has 0 bridgehead atoms. The Bertz CT molecular complexity index is 765. The van der Waals surface area contributed by atoms with Crippen LogP contribution in [0.25, 0.3) is 0 Å². The van der Waals surface area contributed by atoms with Gasteiger partial charge in [-0.2, -0.15) is 0 Å². The van der Waals surface area contributed by atoms with Crippen molar-refractivity contribution in [2.24, 2.45) is 11.7 Å². The van der Waals surface area contributed by atoms with Crippen molar-refractivity contribution in [3.05, 3.63) is 59.7 Å². The van der Waals surface area contributed by atoms with Crippen LogP contribution in [0.1, 0.15) is 30.5 Å². The molecule has 0 aliphatic carbocycles. The van der Waals surface area contributed by atoms with Gasteiger partial charge in [0.25, 0.3) is 0 Å². The third-order valence-corrected chi connectivity index (χ3v) is 4.40. The fraction of sp³-hybridized carbons (Fsp3) is 0.263. The lowest BCUT2D eigenvalue weighted by Gasteiger charge is -2.21. The van der Waals surface area contributed by atoms with Crippen LogP contribution in [-0.2, 0) is 16.0 Å². The zero-order valence-electron chi connectivity index (χ0n) is 14.0. The van der Waals surface area contributed by atoms with Crippen LogP contribution in [0.5, 0.6) is 0 Å². The molecule has 1 aliphatic heterocycles. The Kier molecular flexibility index (Phi) is 6.17. The van der Waals surface area contributed by atoms with Gasteiger partial charge in [-0.15, -0.1) is 12.4 Å². The summed E-state index contributed by atoms with van der Waals surface area (Å²) >= 11 is 0. The van der Waals surface area contributed by atoms with Gasteiger partial charge in [0.05, 0.1) is 5.92 Å². The minimum Gasteiger partial charge on any atom is -0.326 e. The van der Waals surface area contributed by atoms with E-state index in [1.165, 1.54) is 0 Å². The number of aryl methyl sites for hydroxylation is 1. The first-order chi connectivity index (χ1) is 11.5. The smallest absolute Gasteiger partial charge is 0.229 e. The number of nitrogens with two attached hydrogens (primary N) is 1. The van der Waals surface area contributed by atoms with E-state index >= 15 is 0 Å². The first kappa shape index (κ1) is 19.0. The maximum atomic E-state index is 12.5. The number of anilines is 2. The van der Waals surface area contributed by atoms with E-state index in [1.54, 1.807) is 6.07 Å². The standard InChI is InChI=1S/C19H21N3O2.ClH/c1-12(18(20)13-5-3-2-4-6-13)19(24)21-15-8-9-16-14(11-15)7-10-17(23)22-16;/h2-6,8-9,11-12,18H,7,10,20H2,1H3,(H,21,24)(H,22,23);1H. The lowest BCUT2D eigenvalue weighted by atomic mass is 9.94. The van der Waals surface area contributed by atoms with E-state index in [0.29, 0.717) is 12.8 Å². The molecule has 0 aromatic heterocycles. The molecular formula is C19H22ClN3O2. The minimum atomic E-state index is -0.358. The first-order valence-electron chi connectivity index (χ1n) is 8.09. The summed E-state index contributed by atoms with van der Waals surface area (Å²) in [5.74, 6) is -0.448. The van der Waals surface area contributed by atoms with Gasteiger partial charge in [0.15, 0.2) is 0 Å². The van der Waals surface area contributed by atoms with Gasteiger partial charge in [-0.3, -0.25) is 9.59 Å². The van der Waals surface area contributed by atoms with E-state index in [0.717, 1.165) is 22.5 Å². The second-order valence-corrected chi connectivity index (χ2v) is 6.13. The molecule has 0 spiro atoms. The summed E-state index contributed by atoms with van der Waals surface area (Å²) in [4.78, 5) is 23.9. The van der Waals surface area contributed by atoms with Gasteiger partial charge >= 0.3 is 0 Å².